The predicted octanol–water partition coefficient (Wildman–Crippen LogP) is 3.13. The summed E-state index contributed by atoms with van der Waals surface area (Å²) in [4.78, 5) is 4.77. The van der Waals surface area contributed by atoms with Crippen LogP contribution in [0.25, 0.3) is 0 Å². The Hall–Kier alpha value is -1.24. The summed E-state index contributed by atoms with van der Waals surface area (Å²) in [5.41, 5.74) is 1.57. The molecule has 0 radical (unpaired) electrons. The Bertz CT molecular complexity index is 473. The number of halogens is 1. The molecule has 0 saturated carbocycles. The molecule has 1 heterocycles. The van der Waals surface area contributed by atoms with E-state index in [9.17, 15) is 5.26 Å². The average molecular weight is 278 g/mol. The number of rotatable bonds is 3. The molecule has 102 valence electrons. The zero-order chi connectivity index (χ0) is 13.8. The van der Waals surface area contributed by atoms with Gasteiger partial charge in [-0.15, -0.1) is 0 Å². The van der Waals surface area contributed by atoms with Gasteiger partial charge >= 0.3 is 0 Å². The lowest BCUT2D eigenvalue weighted by atomic mass is 10.1. The molecule has 1 unspecified atom stereocenters. The highest BCUT2D eigenvalue weighted by Gasteiger charge is 2.22. The van der Waals surface area contributed by atoms with Crippen molar-refractivity contribution >= 4 is 17.3 Å². The molecular weight excluding hydrogens is 258 g/mol. The van der Waals surface area contributed by atoms with Gasteiger partial charge in [-0.3, -0.25) is 4.90 Å². The standard InChI is InChI=1S/C15H20ClN3/c1-3-12(2)18-7-9-19(10-8-18)15-6-4-5-14(16)13(15)11-17/h4-6,12H,3,7-10H2,1-2H3. The number of benzene rings is 1. The van der Waals surface area contributed by atoms with Crippen molar-refractivity contribution in [1.82, 2.24) is 4.90 Å². The van der Waals surface area contributed by atoms with Crippen LogP contribution in [0, 0.1) is 11.3 Å². The molecule has 0 spiro atoms. The summed E-state index contributed by atoms with van der Waals surface area (Å²) in [5.74, 6) is 0. The van der Waals surface area contributed by atoms with Crippen molar-refractivity contribution in [3.63, 3.8) is 0 Å². The van der Waals surface area contributed by atoms with E-state index in [1.54, 1.807) is 6.07 Å². The van der Waals surface area contributed by atoms with Gasteiger partial charge in [-0.2, -0.15) is 5.26 Å². The van der Waals surface area contributed by atoms with Gasteiger partial charge in [0.2, 0.25) is 0 Å². The third-order valence-corrected chi connectivity index (χ3v) is 4.29. The fourth-order valence-electron chi connectivity index (χ4n) is 2.55. The maximum Gasteiger partial charge on any atom is 0.103 e. The molecule has 1 saturated heterocycles. The van der Waals surface area contributed by atoms with Crippen LogP contribution in [0.1, 0.15) is 25.8 Å². The summed E-state index contributed by atoms with van der Waals surface area (Å²) in [6.07, 6.45) is 1.18. The van der Waals surface area contributed by atoms with Crippen molar-refractivity contribution in [2.45, 2.75) is 26.3 Å². The minimum Gasteiger partial charge on any atom is -0.368 e. The summed E-state index contributed by atoms with van der Waals surface area (Å²) in [5, 5.41) is 9.78. The summed E-state index contributed by atoms with van der Waals surface area (Å²) >= 11 is 6.09. The lowest BCUT2D eigenvalue weighted by Gasteiger charge is -2.39. The molecule has 0 bridgehead atoms. The first-order valence-corrected chi connectivity index (χ1v) is 7.22. The van der Waals surface area contributed by atoms with Gasteiger partial charge in [0.15, 0.2) is 0 Å². The Labute approximate surface area is 120 Å². The van der Waals surface area contributed by atoms with Crippen molar-refractivity contribution in [2.75, 3.05) is 31.1 Å². The summed E-state index contributed by atoms with van der Waals surface area (Å²) in [6.45, 7) is 8.51. The molecule has 1 aliphatic rings. The highest BCUT2D eigenvalue weighted by Crippen LogP contribution is 2.27. The second kappa shape index (κ2) is 6.27. The van der Waals surface area contributed by atoms with Gasteiger partial charge < -0.3 is 4.90 Å². The molecule has 2 rings (SSSR count). The Kier molecular flexibility index (Phi) is 4.68. The van der Waals surface area contributed by atoms with Gasteiger partial charge in [-0.25, -0.2) is 0 Å². The number of hydrogen-bond acceptors (Lipinski definition) is 3. The number of piperazine rings is 1. The lowest BCUT2D eigenvalue weighted by molar-refractivity contribution is 0.193. The molecule has 0 aromatic heterocycles. The van der Waals surface area contributed by atoms with Crippen molar-refractivity contribution in [3.05, 3.63) is 28.8 Å². The second-order valence-electron chi connectivity index (χ2n) is 5.03. The number of nitriles is 1. The average Bonchev–Trinajstić information content (AvgIpc) is 2.46. The monoisotopic (exact) mass is 277 g/mol. The van der Waals surface area contributed by atoms with Gasteiger partial charge in [0, 0.05) is 32.2 Å². The predicted molar refractivity (Wildman–Crippen MR) is 79.7 cm³/mol. The minimum atomic E-state index is 0.546. The largest absolute Gasteiger partial charge is 0.368 e. The first kappa shape index (κ1) is 14.2. The summed E-state index contributed by atoms with van der Waals surface area (Å²) < 4.78 is 0. The van der Waals surface area contributed by atoms with E-state index in [2.05, 4.69) is 29.7 Å². The van der Waals surface area contributed by atoms with E-state index in [-0.39, 0.29) is 0 Å². The van der Waals surface area contributed by atoms with Crippen LogP contribution in [0.15, 0.2) is 18.2 Å². The second-order valence-corrected chi connectivity index (χ2v) is 5.43. The summed E-state index contributed by atoms with van der Waals surface area (Å²) in [6, 6.07) is 8.54. The first-order chi connectivity index (χ1) is 9.17. The molecule has 4 heteroatoms. The van der Waals surface area contributed by atoms with Crippen LogP contribution in [0.3, 0.4) is 0 Å². The third kappa shape index (κ3) is 3.02. The van der Waals surface area contributed by atoms with E-state index in [0.717, 1.165) is 31.9 Å². The minimum absolute atomic E-state index is 0.546. The van der Waals surface area contributed by atoms with Gasteiger partial charge in [0.25, 0.3) is 0 Å². The van der Waals surface area contributed by atoms with E-state index in [4.69, 9.17) is 11.6 Å². The van der Waals surface area contributed by atoms with Crippen LogP contribution in [-0.4, -0.2) is 37.1 Å². The highest BCUT2D eigenvalue weighted by molar-refractivity contribution is 6.32. The van der Waals surface area contributed by atoms with E-state index in [0.29, 0.717) is 16.6 Å². The molecule has 3 nitrogen and oxygen atoms in total. The molecule has 1 aromatic carbocycles. The molecular formula is C15H20ClN3. The van der Waals surface area contributed by atoms with Gasteiger partial charge in [-0.1, -0.05) is 24.6 Å². The van der Waals surface area contributed by atoms with Crippen LogP contribution < -0.4 is 4.90 Å². The quantitative estimate of drug-likeness (QED) is 0.850. The molecule has 0 aliphatic carbocycles. The molecule has 1 fully saturated rings. The Balaban J connectivity index is 2.10. The fraction of sp³-hybridized carbons (Fsp3) is 0.533. The Morgan fingerprint density at radius 2 is 2.00 bits per heavy atom. The van der Waals surface area contributed by atoms with E-state index in [1.807, 2.05) is 12.1 Å². The van der Waals surface area contributed by atoms with Crippen molar-refractivity contribution in [2.24, 2.45) is 0 Å². The number of hydrogen-bond donors (Lipinski definition) is 0. The van der Waals surface area contributed by atoms with E-state index < -0.39 is 0 Å². The molecule has 0 N–H and O–H groups in total. The number of anilines is 1. The highest BCUT2D eigenvalue weighted by atomic mass is 35.5. The molecule has 1 aromatic rings. The number of nitrogens with zero attached hydrogens (tertiary/aromatic N) is 3. The van der Waals surface area contributed by atoms with Crippen LogP contribution in [0.2, 0.25) is 5.02 Å². The third-order valence-electron chi connectivity index (χ3n) is 3.97. The normalized spacial score (nSPS) is 18.1. The van der Waals surface area contributed by atoms with Crippen LogP contribution in [0.4, 0.5) is 5.69 Å². The SMILES string of the molecule is CCC(C)N1CCN(c2cccc(Cl)c2C#N)CC1. The molecule has 0 amide bonds. The van der Waals surface area contributed by atoms with Gasteiger partial charge in [-0.05, 0) is 25.5 Å². The maximum atomic E-state index is 9.24. The Morgan fingerprint density at radius 1 is 1.32 bits per heavy atom. The molecule has 1 atom stereocenters. The van der Waals surface area contributed by atoms with Crippen molar-refractivity contribution in [3.8, 4) is 6.07 Å². The lowest BCUT2D eigenvalue weighted by Crippen LogP contribution is -2.49. The topological polar surface area (TPSA) is 30.3 Å². The Morgan fingerprint density at radius 3 is 2.58 bits per heavy atom. The van der Waals surface area contributed by atoms with E-state index in [1.165, 1.54) is 6.42 Å². The van der Waals surface area contributed by atoms with Crippen LogP contribution in [-0.2, 0) is 0 Å². The fourth-order valence-corrected chi connectivity index (χ4v) is 2.76. The van der Waals surface area contributed by atoms with Crippen molar-refractivity contribution < 1.29 is 0 Å². The smallest absolute Gasteiger partial charge is 0.103 e. The first-order valence-electron chi connectivity index (χ1n) is 6.85. The van der Waals surface area contributed by atoms with E-state index >= 15 is 0 Å². The molecule has 1 aliphatic heterocycles. The summed E-state index contributed by atoms with van der Waals surface area (Å²) in [7, 11) is 0. The zero-order valence-corrected chi connectivity index (χ0v) is 12.3. The van der Waals surface area contributed by atoms with Gasteiger partial charge in [0.05, 0.1) is 16.3 Å². The molecule has 19 heavy (non-hydrogen) atoms. The van der Waals surface area contributed by atoms with Crippen LogP contribution in [0.5, 0.6) is 0 Å². The van der Waals surface area contributed by atoms with Crippen molar-refractivity contribution in [1.29, 1.82) is 5.26 Å². The van der Waals surface area contributed by atoms with Gasteiger partial charge in [0.1, 0.15) is 6.07 Å². The van der Waals surface area contributed by atoms with Crippen LogP contribution >= 0.6 is 11.6 Å². The maximum absolute atomic E-state index is 9.24. The zero-order valence-electron chi connectivity index (χ0n) is 11.6.